The van der Waals surface area contributed by atoms with Crippen LogP contribution < -0.4 is 16.2 Å². The number of hydrazine groups is 1. The number of fused-ring (bicyclic) bond motifs is 1. The molecule has 0 saturated carbocycles. The number of nitrogens with one attached hydrogen (secondary N) is 1. The van der Waals surface area contributed by atoms with Crippen LogP contribution in [0.5, 0.6) is 0 Å². The van der Waals surface area contributed by atoms with Crippen molar-refractivity contribution in [2.75, 3.05) is 37.1 Å². The van der Waals surface area contributed by atoms with E-state index in [9.17, 15) is 0 Å². The predicted molar refractivity (Wildman–Crippen MR) is 79.5 cm³/mol. The second kappa shape index (κ2) is 5.60. The predicted octanol–water partition coefficient (Wildman–Crippen LogP) is 1.39. The van der Waals surface area contributed by atoms with Crippen LogP contribution in [-0.2, 0) is 4.74 Å². The minimum absolute atomic E-state index is 0.453. The monoisotopic (exact) mass is 273 g/mol. The molecule has 20 heavy (non-hydrogen) atoms. The molecule has 3 rings (SSSR count). The van der Waals surface area contributed by atoms with Gasteiger partial charge < -0.3 is 9.64 Å². The highest BCUT2D eigenvalue weighted by Gasteiger charge is 2.25. The fourth-order valence-electron chi connectivity index (χ4n) is 2.76. The summed E-state index contributed by atoms with van der Waals surface area (Å²) in [7, 11) is 1.75. The number of hydrogen-bond donors (Lipinski definition) is 2. The number of anilines is 2. The lowest BCUT2D eigenvalue weighted by Crippen LogP contribution is -2.23. The molecule has 1 unspecified atom stereocenters. The number of methoxy groups -OCH3 is 1. The van der Waals surface area contributed by atoms with Crippen molar-refractivity contribution in [2.45, 2.75) is 6.42 Å². The van der Waals surface area contributed by atoms with Gasteiger partial charge in [-0.3, -0.25) is 5.43 Å². The second-order valence-electron chi connectivity index (χ2n) is 5.09. The van der Waals surface area contributed by atoms with Gasteiger partial charge in [0.15, 0.2) is 0 Å². The summed E-state index contributed by atoms with van der Waals surface area (Å²) in [4.78, 5) is 11.2. The number of ether oxygens (including phenoxy) is 1. The van der Waals surface area contributed by atoms with Crippen molar-refractivity contribution in [3.8, 4) is 0 Å². The maximum atomic E-state index is 5.47. The highest BCUT2D eigenvalue weighted by atomic mass is 16.5. The van der Waals surface area contributed by atoms with Gasteiger partial charge in [-0.1, -0.05) is 12.1 Å². The smallest absolute Gasteiger partial charge is 0.239 e. The summed E-state index contributed by atoms with van der Waals surface area (Å²) in [6.07, 6.45) is 1.12. The Morgan fingerprint density at radius 2 is 2.25 bits per heavy atom. The van der Waals surface area contributed by atoms with E-state index in [1.165, 1.54) is 0 Å². The normalized spacial score (nSPS) is 18.7. The molecule has 1 aromatic heterocycles. The van der Waals surface area contributed by atoms with E-state index in [0.717, 1.165) is 42.8 Å². The van der Waals surface area contributed by atoms with Crippen molar-refractivity contribution < 1.29 is 4.74 Å². The van der Waals surface area contributed by atoms with E-state index in [2.05, 4.69) is 26.4 Å². The third kappa shape index (κ3) is 2.39. The Labute approximate surface area is 117 Å². The molecule has 2 heterocycles. The van der Waals surface area contributed by atoms with E-state index < -0.39 is 0 Å². The summed E-state index contributed by atoms with van der Waals surface area (Å²) in [5, 5.41) is 1.06. The van der Waals surface area contributed by atoms with Gasteiger partial charge in [0.05, 0.1) is 12.1 Å². The SMILES string of the molecule is COCC1CCN(c2nc(NN)nc3ccccc23)C1. The number of benzene rings is 1. The fraction of sp³-hybridized carbons (Fsp3) is 0.429. The first-order valence-corrected chi connectivity index (χ1v) is 6.79. The summed E-state index contributed by atoms with van der Waals surface area (Å²) in [5.41, 5.74) is 3.45. The van der Waals surface area contributed by atoms with E-state index in [1.807, 2.05) is 18.2 Å². The molecular weight excluding hydrogens is 254 g/mol. The zero-order valence-electron chi connectivity index (χ0n) is 11.5. The van der Waals surface area contributed by atoms with Crippen molar-refractivity contribution in [1.82, 2.24) is 9.97 Å². The number of para-hydroxylation sites is 1. The van der Waals surface area contributed by atoms with Gasteiger partial charge in [-0.2, -0.15) is 4.98 Å². The van der Waals surface area contributed by atoms with Crippen LogP contribution in [0.1, 0.15) is 6.42 Å². The van der Waals surface area contributed by atoms with Gasteiger partial charge in [0.1, 0.15) is 5.82 Å². The highest BCUT2D eigenvalue weighted by Crippen LogP contribution is 2.29. The lowest BCUT2D eigenvalue weighted by atomic mass is 10.1. The number of aromatic nitrogens is 2. The first-order chi connectivity index (χ1) is 9.81. The highest BCUT2D eigenvalue weighted by molar-refractivity contribution is 5.90. The van der Waals surface area contributed by atoms with Crippen molar-refractivity contribution in [2.24, 2.45) is 11.8 Å². The second-order valence-corrected chi connectivity index (χ2v) is 5.09. The molecular formula is C14H19N5O. The van der Waals surface area contributed by atoms with Crippen LogP contribution in [0, 0.1) is 5.92 Å². The summed E-state index contributed by atoms with van der Waals surface area (Å²) >= 11 is 0. The van der Waals surface area contributed by atoms with Crippen LogP contribution in [0.2, 0.25) is 0 Å². The first-order valence-electron chi connectivity index (χ1n) is 6.79. The van der Waals surface area contributed by atoms with Gasteiger partial charge >= 0.3 is 0 Å². The lowest BCUT2D eigenvalue weighted by Gasteiger charge is -2.20. The standard InChI is InChI=1S/C14H19N5O/c1-20-9-10-6-7-19(8-10)13-11-4-2-3-5-12(11)16-14(17-13)18-15/h2-5,10H,6-9,15H2,1H3,(H,16,17,18). The molecule has 106 valence electrons. The summed E-state index contributed by atoms with van der Waals surface area (Å²) in [5.74, 6) is 7.43. The van der Waals surface area contributed by atoms with Crippen molar-refractivity contribution >= 4 is 22.7 Å². The van der Waals surface area contributed by atoms with Gasteiger partial charge in [0.25, 0.3) is 0 Å². The fourth-order valence-corrected chi connectivity index (χ4v) is 2.76. The molecule has 0 aliphatic carbocycles. The third-order valence-electron chi connectivity index (χ3n) is 3.70. The van der Waals surface area contributed by atoms with Gasteiger partial charge in [-0.25, -0.2) is 10.8 Å². The Morgan fingerprint density at radius 3 is 3.05 bits per heavy atom. The molecule has 1 aliphatic heterocycles. The Hall–Kier alpha value is -1.92. The molecule has 0 bridgehead atoms. The molecule has 0 amide bonds. The number of nitrogens with zero attached hydrogens (tertiary/aromatic N) is 3. The van der Waals surface area contributed by atoms with Gasteiger partial charge in [0.2, 0.25) is 5.95 Å². The molecule has 0 radical (unpaired) electrons. The zero-order chi connectivity index (χ0) is 13.9. The molecule has 6 heteroatoms. The van der Waals surface area contributed by atoms with Crippen LogP contribution in [0.25, 0.3) is 10.9 Å². The molecule has 2 aromatic rings. The van der Waals surface area contributed by atoms with Gasteiger partial charge in [-0.05, 0) is 18.6 Å². The van der Waals surface area contributed by atoms with E-state index in [0.29, 0.717) is 11.9 Å². The Morgan fingerprint density at radius 1 is 1.40 bits per heavy atom. The third-order valence-corrected chi connectivity index (χ3v) is 3.70. The van der Waals surface area contributed by atoms with Crippen molar-refractivity contribution in [3.63, 3.8) is 0 Å². The van der Waals surface area contributed by atoms with Crippen LogP contribution >= 0.6 is 0 Å². The number of rotatable bonds is 4. The van der Waals surface area contributed by atoms with Crippen LogP contribution in [0.15, 0.2) is 24.3 Å². The maximum Gasteiger partial charge on any atom is 0.239 e. The lowest BCUT2D eigenvalue weighted by molar-refractivity contribution is 0.161. The molecule has 1 atom stereocenters. The minimum Gasteiger partial charge on any atom is -0.384 e. The zero-order valence-corrected chi connectivity index (χ0v) is 11.5. The van der Waals surface area contributed by atoms with E-state index in [-0.39, 0.29) is 0 Å². The summed E-state index contributed by atoms with van der Waals surface area (Å²) in [6.45, 7) is 2.74. The Bertz CT molecular complexity index is 603. The van der Waals surface area contributed by atoms with E-state index in [1.54, 1.807) is 7.11 Å². The summed E-state index contributed by atoms with van der Waals surface area (Å²) in [6, 6.07) is 8.00. The maximum absolute atomic E-state index is 5.47. The Balaban J connectivity index is 1.98. The molecule has 1 saturated heterocycles. The van der Waals surface area contributed by atoms with E-state index >= 15 is 0 Å². The van der Waals surface area contributed by atoms with Crippen LogP contribution in [-0.4, -0.2) is 36.8 Å². The van der Waals surface area contributed by atoms with Crippen LogP contribution in [0.3, 0.4) is 0 Å². The topological polar surface area (TPSA) is 76.3 Å². The summed E-state index contributed by atoms with van der Waals surface area (Å²) < 4.78 is 5.25. The molecule has 1 fully saturated rings. The average molecular weight is 273 g/mol. The average Bonchev–Trinajstić information content (AvgIpc) is 2.95. The van der Waals surface area contributed by atoms with Gasteiger partial charge in [-0.15, -0.1) is 0 Å². The molecule has 6 nitrogen and oxygen atoms in total. The molecule has 3 N–H and O–H groups in total. The Kier molecular flexibility index (Phi) is 3.66. The quantitative estimate of drug-likeness (QED) is 0.647. The first kappa shape index (κ1) is 13.1. The molecule has 1 aromatic carbocycles. The van der Waals surface area contributed by atoms with Gasteiger partial charge in [0, 0.05) is 31.5 Å². The largest absolute Gasteiger partial charge is 0.384 e. The molecule has 1 aliphatic rings. The van der Waals surface area contributed by atoms with E-state index in [4.69, 9.17) is 10.6 Å². The van der Waals surface area contributed by atoms with Crippen molar-refractivity contribution in [3.05, 3.63) is 24.3 Å². The minimum atomic E-state index is 0.453. The number of hydrogen-bond acceptors (Lipinski definition) is 6. The molecule has 0 spiro atoms. The van der Waals surface area contributed by atoms with Crippen LogP contribution in [0.4, 0.5) is 11.8 Å². The number of nitrogens with two attached hydrogens (primary N) is 1. The number of nitrogen functional groups attached to an aromatic ring is 1. The van der Waals surface area contributed by atoms with Crippen molar-refractivity contribution in [1.29, 1.82) is 0 Å².